The number of ether oxygens (including phenoxy) is 1. The van der Waals surface area contributed by atoms with Gasteiger partial charge in [0.25, 0.3) is 5.91 Å². The highest BCUT2D eigenvalue weighted by Gasteiger charge is 2.18. The van der Waals surface area contributed by atoms with E-state index in [0.717, 1.165) is 5.56 Å². The van der Waals surface area contributed by atoms with Gasteiger partial charge in [-0.2, -0.15) is 5.26 Å². The van der Waals surface area contributed by atoms with E-state index in [9.17, 15) is 9.90 Å². The maximum atomic E-state index is 12.5. The normalized spacial score (nSPS) is 11.5. The van der Waals surface area contributed by atoms with Crippen LogP contribution in [0.15, 0.2) is 36.4 Å². The molecular weight excluding hydrogens is 375 g/mol. The quantitative estimate of drug-likeness (QED) is 0.750. The van der Waals surface area contributed by atoms with Gasteiger partial charge in [-0.1, -0.05) is 35.3 Å². The highest BCUT2D eigenvalue weighted by Crippen LogP contribution is 2.28. The van der Waals surface area contributed by atoms with E-state index in [1.54, 1.807) is 30.3 Å². The lowest BCUT2D eigenvalue weighted by Gasteiger charge is -2.18. The Kier molecular flexibility index (Phi) is 7.28. The van der Waals surface area contributed by atoms with Crippen molar-refractivity contribution in [2.24, 2.45) is 0 Å². The molecule has 2 aromatic rings. The molecule has 0 aliphatic heterocycles. The number of hydrogen-bond acceptors (Lipinski definition) is 4. The number of hydrogen-bond donors (Lipinski definition) is 2. The molecule has 0 bridgehead atoms. The molecule has 0 aliphatic rings. The molecule has 1 amide bonds. The van der Waals surface area contributed by atoms with Crippen LogP contribution >= 0.6 is 23.2 Å². The predicted octanol–water partition coefficient (Wildman–Crippen LogP) is 3.77. The summed E-state index contributed by atoms with van der Waals surface area (Å²) < 4.78 is 5.20. The van der Waals surface area contributed by atoms with Crippen LogP contribution in [-0.2, 0) is 0 Å². The van der Waals surface area contributed by atoms with Gasteiger partial charge >= 0.3 is 0 Å². The van der Waals surface area contributed by atoms with Crippen LogP contribution in [0.5, 0.6) is 5.75 Å². The summed E-state index contributed by atoms with van der Waals surface area (Å²) in [6.07, 6.45) is 0.452. The molecule has 0 aliphatic carbocycles. The van der Waals surface area contributed by atoms with Crippen molar-refractivity contribution >= 4 is 29.1 Å². The molecule has 0 fully saturated rings. The van der Waals surface area contributed by atoms with E-state index >= 15 is 0 Å². The Bertz CT molecular complexity index is 834. The molecule has 0 spiro atoms. The smallest absolute Gasteiger partial charge is 0.255 e. The van der Waals surface area contributed by atoms with E-state index in [-0.39, 0.29) is 41.9 Å². The lowest BCUT2D eigenvalue weighted by atomic mass is 9.95. The fourth-order valence-corrected chi connectivity index (χ4v) is 2.95. The summed E-state index contributed by atoms with van der Waals surface area (Å²) in [5.41, 5.74) is 1.44. The Morgan fingerprint density at radius 1 is 1.31 bits per heavy atom. The van der Waals surface area contributed by atoms with Crippen LogP contribution < -0.4 is 10.1 Å². The number of rotatable bonds is 7. The summed E-state index contributed by atoms with van der Waals surface area (Å²) >= 11 is 12.0. The van der Waals surface area contributed by atoms with E-state index in [0.29, 0.717) is 16.5 Å². The minimum atomic E-state index is -0.359. The highest BCUT2D eigenvalue weighted by molar-refractivity contribution is 6.42. The van der Waals surface area contributed by atoms with Gasteiger partial charge in [0.05, 0.1) is 28.3 Å². The first-order chi connectivity index (χ1) is 12.5. The number of nitrogens with zero attached hydrogens (tertiary/aromatic N) is 1. The number of carbonyl (C=O) groups is 1. The summed E-state index contributed by atoms with van der Waals surface area (Å²) in [5.74, 6) is -0.258. The topological polar surface area (TPSA) is 82.3 Å². The highest BCUT2D eigenvalue weighted by atomic mass is 35.5. The Hall–Kier alpha value is -2.26. The van der Waals surface area contributed by atoms with Crippen molar-refractivity contribution in [2.45, 2.75) is 12.3 Å². The van der Waals surface area contributed by atoms with Gasteiger partial charge in [0.1, 0.15) is 11.8 Å². The second-order valence-electron chi connectivity index (χ2n) is 5.59. The van der Waals surface area contributed by atoms with Gasteiger partial charge in [-0.05, 0) is 36.2 Å². The van der Waals surface area contributed by atoms with Crippen molar-refractivity contribution in [3.63, 3.8) is 0 Å². The molecule has 7 heteroatoms. The van der Waals surface area contributed by atoms with Crippen LogP contribution in [0.25, 0.3) is 0 Å². The lowest BCUT2D eigenvalue weighted by molar-refractivity contribution is 0.0946. The molecule has 0 saturated carbocycles. The average Bonchev–Trinajstić information content (AvgIpc) is 2.66. The SMILES string of the molecule is COc1c(C#N)cccc1C(=O)NC[C@@H](CCO)c1ccc(Cl)c(Cl)c1. The number of halogens is 2. The molecule has 5 nitrogen and oxygen atoms in total. The lowest BCUT2D eigenvalue weighted by Crippen LogP contribution is -2.29. The molecular formula is C19H18Cl2N2O3. The number of methoxy groups -OCH3 is 1. The van der Waals surface area contributed by atoms with Crippen LogP contribution in [0.4, 0.5) is 0 Å². The molecule has 26 heavy (non-hydrogen) atoms. The maximum Gasteiger partial charge on any atom is 0.255 e. The Morgan fingerprint density at radius 2 is 2.08 bits per heavy atom. The number of benzene rings is 2. The number of nitriles is 1. The molecule has 0 saturated heterocycles. The van der Waals surface area contributed by atoms with Gasteiger partial charge in [0.2, 0.25) is 0 Å². The van der Waals surface area contributed by atoms with E-state index in [2.05, 4.69) is 5.32 Å². The molecule has 0 unspecified atom stereocenters. The maximum absolute atomic E-state index is 12.5. The van der Waals surface area contributed by atoms with Gasteiger partial charge in [-0.15, -0.1) is 0 Å². The second-order valence-corrected chi connectivity index (χ2v) is 6.41. The fraction of sp³-hybridized carbons (Fsp3) is 0.263. The van der Waals surface area contributed by atoms with Gasteiger partial charge in [-0.25, -0.2) is 0 Å². The summed E-state index contributed by atoms with van der Waals surface area (Å²) in [6, 6.07) is 12.0. The first-order valence-electron chi connectivity index (χ1n) is 7.93. The summed E-state index contributed by atoms with van der Waals surface area (Å²) in [7, 11) is 1.41. The molecule has 0 heterocycles. The number of nitrogens with one attached hydrogen (secondary N) is 1. The molecule has 2 rings (SSSR count). The molecule has 2 N–H and O–H groups in total. The van der Waals surface area contributed by atoms with Gasteiger partial charge in [0, 0.05) is 19.1 Å². The zero-order valence-electron chi connectivity index (χ0n) is 14.1. The van der Waals surface area contributed by atoms with Gasteiger partial charge in [0.15, 0.2) is 0 Å². The summed E-state index contributed by atoms with van der Waals surface area (Å²) in [6.45, 7) is 0.255. The van der Waals surface area contributed by atoms with Crippen molar-refractivity contribution in [3.05, 3.63) is 63.1 Å². The largest absolute Gasteiger partial charge is 0.495 e. The van der Waals surface area contributed by atoms with E-state index < -0.39 is 0 Å². The molecule has 0 aromatic heterocycles. The summed E-state index contributed by atoms with van der Waals surface area (Å²) in [5, 5.41) is 22.1. The van der Waals surface area contributed by atoms with Crippen LogP contribution in [0.2, 0.25) is 10.0 Å². The Balaban J connectivity index is 2.18. The van der Waals surface area contributed by atoms with E-state index in [1.807, 2.05) is 12.1 Å². The van der Waals surface area contributed by atoms with Crippen LogP contribution in [0.1, 0.15) is 33.8 Å². The third-order valence-electron chi connectivity index (χ3n) is 3.99. The molecule has 0 radical (unpaired) electrons. The number of aliphatic hydroxyl groups excluding tert-OH is 1. The van der Waals surface area contributed by atoms with Crippen molar-refractivity contribution in [3.8, 4) is 11.8 Å². The summed E-state index contributed by atoms with van der Waals surface area (Å²) in [4.78, 5) is 12.5. The van der Waals surface area contributed by atoms with Crippen molar-refractivity contribution in [1.82, 2.24) is 5.32 Å². The molecule has 1 atom stereocenters. The second kappa shape index (κ2) is 9.44. The van der Waals surface area contributed by atoms with Gasteiger partial charge in [-0.3, -0.25) is 4.79 Å². The van der Waals surface area contributed by atoms with Crippen molar-refractivity contribution in [1.29, 1.82) is 5.26 Å². The van der Waals surface area contributed by atoms with Crippen molar-refractivity contribution < 1.29 is 14.6 Å². The fourth-order valence-electron chi connectivity index (χ4n) is 2.64. The first-order valence-corrected chi connectivity index (χ1v) is 8.68. The third kappa shape index (κ3) is 4.67. The Labute approximate surface area is 162 Å². The van der Waals surface area contributed by atoms with Gasteiger partial charge < -0.3 is 15.2 Å². The first kappa shape index (κ1) is 20.1. The molecule has 2 aromatic carbocycles. The zero-order chi connectivity index (χ0) is 19.1. The average molecular weight is 393 g/mol. The van der Waals surface area contributed by atoms with Crippen LogP contribution in [-0.4, -0.2) is 31.3 Å². The monoisotopic (exact) mass is 392 g/mol. The number of para-hydroxylation sites is 1. The number of carbonyl (C=O) groups excluding carboxylic acids is 1. The molecule has 136 valence electrons. The number of aliphatic hydroxyl groups is 1. The van der Waals surface area contributed by atoms with E-state index in [1.165, 1.54) is 7.11 Å². The van der Waals surface area contributed by atoms with Crippen LogP contribution in [0.3, 0.4) is 0 Å². The number of amides is 1. The van der Waals surface area contributed by atoms with Crippen LogP contribution in [0, 0.1) is 11.3 Å². The van der Waals surface area contributed by atoms with E-state index in [4.69, 9.17) is 33.2 Å². The zero-order valence-corrected chi connectivity index (χ0v) is 15.6. The minimum Gasteiger partial charge on any atom is -0.495 e. The van der Waals surface area contributed by atoms with Crippen molar-refractivity contribution in [2.75, 3.05) is 20.3 Å². The predicted molar refractivity (Wildman–Crippen MR) is 101 cm³/mol. The minimum absolute atomic E-state index is 0.0337. The third-order valence-corrected chi connectivity index (χ3v) is 4.72. The standard InChI is InChI=1S/C19H18Cl2N2O3/c1-26-18-13(10-22)3-2-4-15(18)19(25)23-11-14(7-8-24)12-5-6-16(20)17(21)9-12/h2-6,9,14,24H,7-8,11H2,1H3,(H,23,25)/t14-/m1/s1. The Morgan fingerprint density at radius 3 is 2.69 bits per heavy atom.